The van der Waals surface area contributed by atoms with Gasteiger partial charge in [0.2, 0.25) is 0 Å². The lowest BCUT2D eigenvalue weighted by Crippen LogP contribution is -2.33. The highest BCUT2D eigenvalue weighted by Crippen LogP contribution is 2.42. The molecule has 0 bridgehead atoms. The predicted octanol–water partition coefficient (Wildman–Crippen LogP) is 5.27. The van der Waals surface area contributed by atoms with Gasteiger partial charge in [-0.3, -0.25) is 0 Å². The van der Waals surface area contributed by atoms with Gasteiger partial charge in [0.1, 0.15) is 17.5 Å². The maximum Gasteiger partial charge on any atom is 0.132 e. The Morgan fingerprint density at radius 3 is 2.55 bits per heavy atom. The molecule has 1 N–H and O–H groups in total. The number of nitrogens with one attached hydrogen (secondary N) is 1. The van der Waals surface area contributed by atoms with E-state index in [2.05, 4.69) is 52.5 Å². The lowest BCUT2D eigenvalue weighted by molar-refractivity contribution is 0.436. The molecule has 3 aromatic heterocycles. The third-order valence-corrected chi connectivity index (χ3v) is 6.19. The maximum atomic E-state index is 9.14. The SMILES string of the molecule is CC1CCN(c2ccc(-c3cc(C4CC4)cc(Nc4cc(C#N)ccn4)n3)cn2)CC1. The highest BCUT2D eigenvalue weighted by atomic mass is 15.2. The zero-order valence-corrected chi connectivity index (χ0v) is 17.8. The Balaban J connectivity index is 1.41. The largest absolute Gasteiger partial charge is 0.357 e. The average Bonchev–Trinajstić information content (AvgIpc) is 3.65. The monoisotopic (exact) mass is 410 g/mol. The van der Waals surface area contributed by atoms with Crippen molar-refractivity contribution < 1.29 is 0 Å². The summed E-state index contributed by atoms with van der Waals surface area (Å²) in [6.45, 7) is 4.47. The fourth-order valence-corrected chi connectivity index (χ4v) is 4.08. The summed E-state index contributed by atoms with van der Waals surface area (Å²) >= 11 is 0. The number of pyridine rings is 3. The molecule has 0 unspecified atom stereocenters. The number of nitriles is 1. The van der Waals surface area contributed by atoms with E-state index in [1.165, 1.54) is 31.2 Å². The quantitative estimate of drug-likeness (QED) is 0.617. The zero-order valence-electron chi connectivity index (χ0n) is 17.8. The summed E-state index contributed by atoms with van der Waals surface area (Å²) in [5, 5.41) is 12.4. The molecule has 6 nitrogen and oxygen atoms in total. The first kappa shape index (κ1) is 19.5. The smallest absolute Gasteiger partial charge is 0.132 e. The minimum atomic E-state index is 0.572. The van der Waals surface area contributed by atoms with Gasteiger partial charge in [-0.25, -0.2) is 15.0 Å². The van der Waals surface area contributed by atoms with Crippen LogP contribution < -0.4 is 10.2 Å². The fourth-order valence-electron chi connectivity index (χ4n) is 4.08. The Labute approximate surface area is 183 Å². The van der Waals surface area contributed by atoms with Crippen molar-refractivity contribution in [1.82, 2.24) is 15.0 Å². The Hall–Kier alpha value is -3.46. The van der Waals surface area contributed by atoms with Gasteiger partial charge in [-0.1, -0.05) is 6.92 Å². The van der Waals surface area contributed by atoms with Gasteiger partial charge in [0, 0.05) is 31.0 Å². The van der Waals surface area contributed by atoms with Crippen LogP contribution in [-0.4, -0.2) is 28.0 Å². The summed E-state index contributed by atoms with van der Waals surface area (Å²) in [5.41, 5.74) is 3.79. The number of nitrogens with zero attached hydrogens (tertiary/aromatic N) is 5. The number of hydrogen-bond acceptors (Lipinski definition) is 6. The zero-order chi connectivity index (χ0) is 21.2. The number of rotatable bonds is 5. The van der Waals surface area contributed by atoms with Crippen molar-refractivity contribution in [3.8, 4) is 17.3 Å². The molecule has 0 radical (unpaired) electrons. The number of piperidine rings is 1. The molecule has 1 aliphatic heterocycles. The Bertz CT molecular complexity index is 1110. The van der Waals surface area contributed by atoms with Crippen LogP contribution >= 0.6 is 0 Å². The topological polar surface area (TPSA) is 77.7 Å². The summed E-state index contributed by atoms with van der Waals surface area (Å²) in [6, 6.07) is 14.1. The van der Waals surface area contributed by atoms with Crippen LogP contribution in [0.3, 0.4) is 0 Å². The Kier molecular flexibility index (Phi) is 5.25. The van der Waals surface area contributed by atoms with E-state index < -0.39 is 0 Å². The summed E-state index contributed by atoms with van der Waals surface area (Å²) < 4.78 is 0. The minimum Gasteiger partial charge on any atom is -0.357 e. The van der Waals surface area contributed by atoms with E-state index in [-0.39, 0.29) is 0 Å². The molecule has 4 heterocycles. The van der Waals surface area contributed by atoms with Gasteiger partial charge >= 0.3 is 0 Å². The van der Waals surface area contributed by atoms with E-state index in [0.29, 0.717) is 17.3 Å². The van der Waals surface area contributed by atoms with Crippen molar-refractivity contribution in [3.05, 3.63) is 59.9 Å². The van der Waals surface area contributed by atoms with Crippen molar-refractivity contribution in [2.45, 2.75) is 38.5 Å². The summed E-state index contributed by atoms with van der Waals surface area (Å²) in [7, 11) is 0. The second-order valence-corrected chi connectivity index (χ2v) is 8.69. The van der Waals surface area contributed by atoms with Crippen LogP contribution in [0.5, 0.6) is 0 Å². The maximum absolute atomic E-state index is 9.14. The highest BCUT2D eigenvalue weighted by molar-refractivity contribution is 5.66. The van der Waals surface area contributed by atoms with E-state index in [4.69, 9.17) is 15.2 Å². The van der Waals surface area contributed by atoms with Crippen LogP contribution in [0.15, 0.2) is 48.8 Å². The van der Waals surface area contributed by atoms with Gasteiger partial charge in [0.05, 0.1) is 17.3 Å². The number of anilines is 3. The van der Waals surface area contributed by atoms with Crippen LogP contribution in [0, 0.1) is 17.2 Å². The molecule has 31 heavy (non-hydrogen) atoms. The molecule has 3 aromatic rings. The standard InChI is InChI=1S/C25H26N6/c1-17-7-10-31(11-8-17)25-5-4-20(16-28-25)22-13-21(19-2-3-19)14-24(29-22)30-23-12-18(15-26)6-9-27-23/h4-6,9,12-14,16-17,19H,2-3,7-8,10-11H2,1H3,(H,27,29,30). The lowest BCUT2D eigenvalue weighted by atomic mass is 9.99. The van der Waals surface area contributed by atoms with E-state index in [1.807, 2.05) is 6.20 Å². The molecule has 2 aliphatic rings. The first-order valence-corrected chi connectivity index (χ1v) is 11.0. The second kappa shape index (κ2) is 8.35. The third-order valence-electron chi connectivity index (χ3n) is 6.19. The normalized spacial score (nSPS) is 16.7. The van der Waals surface area contributed by atoms with Crippen molar-refractivity contribution >= 4 is 17.5 Å². The second-order valence-electron chi connectivity index (χ2n) is 8.69. The summed E-state index contributed by atoms with van der Waals surface area (Å²) in [6.07, 6.45) is 8.46. The lowest BCUT2D eigenvalue weighted by Gasteiger charge is -2.31. The van der Waals surface area contributed by atoms with Gasteiger partial charge in [-0.15, -0.1) is 0 Å². The van der Waals surface area contributed by atoms with Crippen molar-refractivity contribution in [3.63, 3.8) is 0 Å². The van der Waals surface area contributed by atoms with Crippen LogP contribution in [-0.2, 0) is 0 Å². The Morgan fingerprint density at radius 1 is 1.00 bits per heavy atom. The third kappa shape index (κ3) is 4.51. The van der Waals surface area contributed by atoms with Gasteiger partial charge in [-0.2, -0.15) is 5.26 Å². The molecule has 1 saturated carbocycles. The first-order valence-electron chi connectivity index (χ1n) is 11.0. The van der Waals surface area contributed by atoms with E-state index in [0.717, 1.165) is 41.9 Å². The molecule has 1 aliphatic carbocycles. The van der Waals surface area contributed by atoms with Crippen LogP contribution in [0.1, 0.15) is 49.7 Å². The molecule has 0 amide bonds. The van der Waals surface area contributed by atoms with E-state index >= 15 is 0 Å². The van der Waals surface area contributed by atoms with Gasteiger partial charge in [0.15, 0.2) is 0 Å². The number of aromatic nitrogens is 3. The minimum absolute atomic E-state index is 0.572. The molecular formula is C25H26N6. The molecule has 0 atom stereocenters. The van der Waals surface area contributed by atoms with Crippen molar-refractivity contribution in [2.24, 2.45) is 5.92 Å². The van der Waals surface area contributed by atoms with Gasteiger partial charge in [-0.05, 0) is 79.5 Å². The van der Waals surface area contributed by atoms with Crippen LogP contribution in [0.4, 0.5) is 17.5 Å². The highest BCUT2D eigenvalue weighted by Gasteiger charge is 2.25. The average molecular weight is 411 g/mol. The van der Waals surface area contributed by atoms with E-state index in [1.54, 1.807) is 18.3 Å². The molecule has 0 aromatic carbocycles. The number of hydrogen-bond donors (Lipinski definition) is 1. The summed E-state index contributed by atoms with van der Waals surface area (Å²) in [5.74, 6) is 3.82. The van der Waals surface area contributed by atoms with Gasteiger partial charge in [0.25, 0.3) is 0 Å². The summed E-state index contributed by atoms with van der Waals surface area (Å²) in [4.78, 5) is 16.3. The van der Waals surface area contributed by atoms with Crippen molar-refractivity contribution in [2.75, 3.05) is 23.3 Å². The molecule has 0 spiro atoms. The van der Waals surface area contributed by atoms with Crippen LogP contribution in [0.25, 0.3) is 11.3 Å². The van der Waals surface area contributed by atoms with Crippen LogP contribution in [0.2, 0.25) is 0 Å². The molecule has 2 fully saturated rings. The fraction of sp³-hybridized carbons (Fsp3) is 0.360. The molecular weight excluding hydrogens is 384 g/mol. The van der Waals surface area contributed by atoms with E-state index in [9.17, 15) is 0 Å². The van der Waals surface area contributed by atoms with Gasteiger partial charge < -0.3 is 10.2 Å². The first-order chi connectivity index (χ1) is 15.2. The Morgan fingerprint density at radius 2 is 1.84 bits per heavy atom. The molecule has 1 saturated heterocycles. The van der Waals surface area contributed by atoms with Crippen molar-refractivity contribution in [1.29, 1.82) is 5.26 Å². The molecule has 5 rings (SSSR count). The molecule has 156 valence electrons. The predicted molar refractivity (Wildman–Crippen MR) is 122 cm³/mol. The molecule has 6 heteroatoms.